The van der Waals surface area contributed by atoms with Crippen molar-refractivity contribution in [3.63, 3.8) is 0 Å². The molecule has 4 aromatic rings. The van der Waals surface area contributed by atoms with Crippen molar-refractivity contribution in [2.75, 3.05) is 50.1 Å². The molecule has 1 saturated carbocycles. The van der Waals surface area contributed by atoms with Crippen molar-refractivity contribution in [2.45, 2.75) is 101 Å². The van der Waals surface area contributed by atoms with Gasteiger partial charge in [0.25, 0.3) is 23.3 Å². The van der Waals surface area contributed by atoms with E-state index in [0.717, 1.165) is 36.0 Å². The maximum atomic E-state index is 15.9. The van der Waals surface area contributed by atoms with Gasteiger partial charge in [0.15, 0.2) is 18.2 Å². The highest BCUT2D eigenvalue weighted by atomic mass is 35.5. The van der Waals surface area contributed by atoms with E-state index in [1.165, 1.54) is 7.05 Å². The van der Waals surface area contributed by atoms with Gasteiger partial charge in [0.05, 0.1) is 35.0 Å². The first-order valence-corrected chi connectivity index (χ1v) is 22.6. The Morgan fingerprint density at radius 2 is 1.72 bits per heavy atom. The van der Waals surface area contributed by atoms with Crippen molar-refractivity contribution in [3.05, 3.63) is 80.7 Å². The molecule has 0 bridgehead atoms. The molecule has 2 aromatic carbocycles. The lowest BCUT2D eigenvalue weighted by molar-refractivity contribution is -0.136. The van der Waals surface area contributed by atoms with Crippen LogP contribution >= 0.6 is 11.6 Å². The van der Waals surface area contributed by atoms with Gasteiger partial charge in [-0.25, -0.2) is 9.37 Å². The molecule has 3 N–H and O–H groups in total. The molecule has 5 aliphatic rings. The number of hydrogen-bond donors (Lipinski definition) is 3. The van der Waals surface area contributed by atoms with Crippen LogP contribution in [-0.2, 0) is 19.1 Å². The number of benzene rings is 2. The molecule has 0 spiro atoms. The molecule has 65 heavy (non-hydrogen) atoms. The number of amides is 5. The van der Waals surface area contributed by atoms with Crippen LogP contribution in [0.25, 0.3) is 10.9 Å². The van der Waals surface area contributed by atoms with Gasteiger partial charge in [0.1, 0.15) is 17.2 Å². The van der Waals surface area contributed by atoms with E-state index in [4.69, 9.17) is 26.1 Å². The molecule has 3 atom stereocenters. The van der Waals surface area contributed by atoms with Crippen molar-refractivity contribution >= 4 is 69.5 Å². The van der Waals surface area contributed by atoms with Gasteiger partial charge in [-0.15, -0.1) is 0 Å². The van der Waals surface area contributed by atoms with Crippen molar-refractivity contribution in [1.29, 1.82) is 0 Å². The number of likely N-dealkylation sites (N-methyl/N-ethyl adjacent to an activating group) is 1. The minimum atomic E-state index is -1.16. The van der Waals surface area contributed by atoms with Crippen LogP contribution in [0.15, 0.2) is 53.5 Å². The largest absolute Gasteiger partial charge is 0.478 e. The molecule has 6 heterocycles. The molecule has 0 radical (unpaired) electrons. The third-order valence-corrected chi connectivity index (χ3v) is 13.6. The summed E-state index contributed by atoms with van der Waals surface area (Å²) in [5.74, 6) is -2.00. The number of carbonyl (C=O) groups excluding carboxylic acids is 5. The number of likely N-dealkylation sites (tertiary alicyclic amines) is 1. The summed E-state index contributed by atoms with van der Waals surface area (Å²) >= 11 is 6.58. The standard InChI is InChI=1S/C46H51ClFN9O8/c1-24(2)56-36-7-5-27(16-26(36)18-38(45(56)63)64-23-40(59)49-3)51-41-34(47)21-50-46(53-41)54-13-10-29(11-14-54)65-30-19-28(20-30)55-15-12-31(35(48)22-55)25-4-6-32-33(17-25)44(62)57(43(32)61)37-8-9-39(58)52-42(37)60/h4-7,16-18,21,24,28-31,35,37H,8-15,19-20,22-23H2,1-3H3,(H,49,59)(H,50,51,53)(H,52,58,60)/t28-,30-,31-,35-,37?/m1/s1. The van der Waals surface area contributed by atoms with E-state index >= 15 is 4.39 Å². The smallest absolute Gasteiger partial charge is 0.293 e. The second-order valence-electron chi connectivity index (χ2n) is 17.7. The zero-order chi connectivity index (χ0) is 45.7. The average Bonchev–Trinajstić information content (AvgIpc) is 3.52. The molecule has 4 fully saturated rings. The number of nitrogens with zero attached hydrogens (tertiary/aromatic N) is 6. The van der Waals surface area contributed by atoms with Gasteiger partial charge in [-0.2, -0.15) is 4.98 Å². The Labute approximate surface area is 379 Å². The summed E-state index contributed by atoms with van der Waals surface area (Å²) in [6.45, 7) is 5.88. The first-order chi connectivity index (χ1) is 31.3. The number of rotatable bonds is 12. The predicted molar refractivity (Wildman–Crippen MR) is 239 cm³/mol. The minimum absolute atomic E-state index is 0.0399. The molecule has 3 saturated heterocycles. The topological polar surface area (TPSA) is 197 Å². The summed E-state index contributed by atoms with van der Waals surface area (Å²) in [4.78, 5) is 90.2. The number of alkyl halides is 1. The van der Waals surface area contributed by atoms with Crippen molar-refractivity contribution < 1.29 is 37.8 Å². The zero-order valence-electron chi connectivity index (χ0n) is 36.4. The van der Waals surface area contributed by atoms with E-state index in [0.29, 0.717) is 59.6 Å². The van der Waals surface area contributed by atoms with Crippen LogP contribution in [0.4, 0.5) is 21.8 Å². The summed E-state index contributed by atoms with van der Waals surface area (Å²) in [5, 5.41) is 9.08. The highest BCUT2D eigenvalue weighted by Gasteiger charge is 2.46. The quantitative estimate of drug-likeness (QED) is 0.167. The van der Waals surface area contributed by atoms with Gasteiger partial charge in [0, 0.05) is 62.2 Å². The molecular weight excluding hydrogens is 861 g/mol. The summed E-state index contributed by atoms with van der Waals surface area (Å²) in [6, 6.07) is 11.1. The van der Waals surface area contributed by atoms with Crippen LogP contribution in [-0.4, -0.2) is 124 Å². The number of anilines is 3. The van der Waals surface area contributed by atoms with Gasteiger partial charge >= 0.3 is 0 Å². The maximum absolute atomic E-state index is 15.9. The van der Waals surface area contributed by atoms with Crippen LogP contribution in [0.2, 0.25) is 5.02 Å². The normalized spacial score (nSPS) is 24.0. The second-order valence-corrected chi connectivity index (χ2v) is 18.1. The molecule has 1 aliphatic carbocycles. The summed E-state index contributed by atoms with van der Waals surface area (Å²) in [6.07, 6.45) is 4.50. The lowest BCUT2D eigenvalue weighted by Crippen LogP contribution is -2.54. The fourth-order valence-corrected chi connectivity index (χ4v) is 9.87. The van der Waals surface area contributed by atoms with Crippen LogP contribution < -0.4 is 31.1 Å². The highest BCUT2D eigenvalue weighted by molar-refractivity contribution is 6.33. The minimum Gasteiger partial charge on any atom is -0.478 e. The monoisotopic (exact) mass is 911 g/mol. The first kappa shape index (κ1) is 44.2. The van der Waals surface area contributed by atoms with Crippen LogP contribution in [0, 0.1) is 0 Å². The van der Waals surface area contributed by atoms with E-state index in [2.05, 4.69) is 30.7 Å². The van der Waals surface area contributed by atoms with Gasteiger partial charge in [-0.3, -0.25) is 43.9 Å². The number of pyridine rings is 1. The Bertz CT molecular complexity index is 2630. The molecular formula is C46H51ClFN9O8. The number of fused-ring (bicyclic) bond motifs is 2. The lowest BCUT2D eigenvalue weighted by atomic mass is 9.82. The Balaban J connectivity index is 0.755. The predicted octanol–water partition coefficient (Wildman–Crippen LogP) is 4.64. The number of nitrogens with one attached hydrogen (secondary N) is 3. The summed E-state index contributed by atoms with van der Waals surface area (Å²) < 4.78 is 29.7. The van der Waals surface area contributed by atoms with Crippen LogP contribution in [0.3, 0.4) is 0 Å². The summed E-state index contributed by atoms with van der Waals surface area (Å²) in [5.41, 5.74) is 2.09. The van der Waals surface area contributed by atoms with E-state index in [-0.39, 0.29) is 78.6 Å². The molecule has 19 heteroatoms. The third kappa shape index (κ3) is 8.78. The van der Waals surface area contributed by atoms with E-state index in [1.807, 2.05) is 32.0 Å². The molecule has 9 rings (SSSR count). The Kier molecular flexibility index (Phi) is 12.3. The lowest BCUT2D eigenvalue weighted by Gasteiger charge is -2.47. The molecule has 1 unspecified atom stereocenters. The Morgan fingerprint density at radius 1 is 0.954 bits per heavy atom. The summed E-state index contributed by atoms with van der Waals surface area (Å²) in [7, 11) is 1.50. The van der Waals surface area contributed by atoms with Crippen LogP contribution in [0.1, 0.15) is 97.0 Å². The maximum Gasteiger partial charge on any atom is 0.293 e. The Morgan fingerprint density at radius 3 is 2.45 bits per heavy atom. The first-order valence-electron chi connectivity index (χ1n) is 22.2. The van der Waals surface area contributed by atoms with Gasteiger partial charge in [0.2, 0.25) is 17.8 Å². The van der Waals surface area contributed by atoms with Crippen molar-refractivity contribution in [1.82, 2.24) is 35.0 Å². The molecule has 4 aliphatic heterocycles. The van der Waals surface area contributed by atoms with E-state index in [9.17, 15) is 28.8 Å². The second kappa shape index (κ2) is 18.1. The van der Waals surface area contributed by atoms with E-state index in [1.54, 1.807) is 35.0 Å². The highest BCUT2D eigenvalue weighted by Crippen LogP contribution is 2.39. The van der Waals surface area contributed by atoms with E-state index < -0.39 is 41.8 Å². The van der Waals surface area contributed by atoms with Gasteiger partial charge < -0.3 is 29.6 Å². The fourth-order valence-electron chi connectivity index (χ4n) is 9.73. The van der Waals surface area contributed by atoms with Crippen molar-refractivity contribution in [2.24, 2.45) is 0 Å². The number of carbonyl (C=O) groups is 5. The fraction of sp³-hybridized carbons (Fsp3) is 0.478. The average molecular weight is 912 g/mol. The molecule has 342 valence electrons. The number of imide groups is 2. The SMILES string of the molecule is CNC(=O)COc1cc2cc(Nc3nc(N4CCC(O[C@H]5C[C@H](N6CC[C@H](c7ccc8c(c7)C(=O)N(C7CCC(=O)NC7=O)C8=O)[C@H](F)C6)C5)CC4)ncc3Cl)ccc2n(C(C)C)c1=O. The molecule has 2 aromatic heterocycles. The number of hydrogen-bond acceptors (Lipinski definition) is 13. The number of ether oxygens (including phenoxy) is 2. The number of aromatic nitrogens is 3. The zero-order valence-corrected chi connectivity index (χ0v) is 37.1. The van der Waals surface area contributed by atoms with Crippen molar-refractivity contribution in [3.8, 4) is 5.75 Å². The van der Waals surface area contributed by atoms with Gasteiger partial charge in [-0.1, -0.05) is 17.7 Å². The molecule has 5 amide bonds. The number of halogens is 2. The Hall–Kier alpha value is -5.98. The van der Waals surface area contributed by atoms with Gasteiger partial charge in [-0.05, 0) is 101 Å². The van der Waals surface area contributed by atoms with Crippen LogP contribution in [0.5, 0.6) is 5.75 Å². The molecule has 17 nitrogen and oxygen atoms in total. The number of piperidine rings is 3. The third-order valence-electron chi connectivity index (χ3n) is 13.3.